The van der Waals surface area contributed by atoms with Crippen molar-refractivity contribution in [3.8, 4) is 5.75 Å². The average Bonchev–Trinajstić information content (AvgIpc) is 3.47. The van der Waals surface area contributed by atoms with Crippen molar-refractivity contribution in [2.24, 2.45) is 0 Å². The highest BCUT2D eigenvalue weighted by Gasteiger charge is 2.38. The van der Waals surface area contributed by atoms with Crippen molar-refractivity contribution in [2.75, 3.05) is 0 Å². The Kier molecular flexibility index (Phi) is 5.62. The summed E-state index contributed by atoms with van der Waals surface area (Å²) in [5, 5.41) is 10.1. The maximum absolute atomic E-state index is 13.8. The van der Waals surface area contributed by atoms with E-state index in [1.165, 1.54) is 6.07 Å². The van der Waals surface area contributed by atoms with E-state index < -0.39 is 23.6 Å². The molecule has 178 valence electrons. The van der Waals surface area contributed by atoms with Crippen molar-refractivity contribution in [3.05, 3.63) is 64.3 Å². The van der Waals surface area contributed by atoms with Gasteiger partial charge in [0.15, 0.2) is 0 Å². The summed E-state index contributed by atoms with van der Waals surface area (Å²) in [4.78, 5) is 26.5. The zero-order chi connectivity index (χ0) is 24.0. The number of fused-ring (bicyclic) bond motifs is 3. The SMILES string of the molecule is O=C(O)C[C@H]1CCc2c1[nH]c1ccc(OCc3ccc([C@@H]4CCCC4=O)c(C(F)(F)F)c3)cc21. The second kappa shape index (κ2) is 8.49. The number of aryl methyl sites for hydroxylation is 1. The van der Waals surface area contributed by atoms with Crippen LogP contribution in [0.3, 0.4) is 0 Å². The van der Waals surface area contributed by atoms with Gasteiger partial charge in [0.1, 0.15) is 18.1 Å². The van der Waals surface area contributed by atoms with E-state index in [-0.39, 0.29) is 30.3 Å². The lowest BCUT2D eigenvalue weighted by molar-refractivity contribution is -0.139. The quantitative estimate of drug-likeness (QED) is 0.455. The van der Waals surface area contributed by atoms with Crippen molar-refractivity contribution in [1.29, 1.82) is 0 Å². The molecule has 5 rings (SSSR count). The van der Waals surface area contributed by atoms with Gasteiger partial charge in [-0.3, -0.25) is 9.59 Å². The summed E-state index contributed by atoms with van der Waals surface area (Å²) in [6, 6.07) is 9.54. The molecule has 2 atom stereocenters. The van der Waals surface area contributed by atoms with Gasteiger partial charge in [0.2, 0.25) is 0 Å². The predicted octanol–water partition coefficient (Wildman–Crippen LogP) is 6.11. The lowest BCUT2D eigenvalue weighted by Crippen LogP contribution is -2.15. The van der Waals surface area contributed by atoms with Crippen LogP contribution in [0.15, 0.2) is 36.4 Å². The largest absolute Gasteiger partial charge is 0.489 e. The number of H-pyrrole nitrogens is 1. The van der Waals surface area contributed by atoms with E-state index in [2.05, 4.69) is 4.98 Å². The second-order valence-electron chi connectivity index (χ2n) is 9.18. The summed E-state index contributed by atoms with van der Waals surface area (Å²) < 4.78 is 47.1. The maximum atomic E-state index is 13.8. The summed E-state index contributed by atoms with van der Waals surface area (Å²) in [7, 11) is 0. The molecule has 1 fully saturated rings. The molecule has 2 N–H and O–H groups in total. The molecular formula is C26H24F3NO4. The molecule has 0 spiro atoms. The van der Waals surface area contributed by atoms with Crippen LogP contribution in [0.25, 0.3) is 10.9 Å². The van der Waals surface area contributed by atoms with Crippen LogP contribution in [0.5, 0.6) is 5.75 Å². The van der Waals surface area contributed by atoms with Crippen molar-refractivity contribution < 1.29 is 32.6 Å². The molecule has 1 saturated carbocycles. The van der Waals surface area contributed by atoms with E-state index in [9.17, 15) is 22.8 Å². The first-order valence-corrected chi connectivity index (χ1v) is 11.4. The lowest BCUT2D eigenvalue weighted by atomic mass is 9.90. The van der Waals surface area contributed by atoms with Gasteiger partial charge >= 0.3 is 12.1 Å². The van der Waals surface area contributed by atoms with Gasteiger partial charge in [-0.25, -0.2) is 0 Å². The first kappa shape index (κ1) is 22.5. The van der Waals surface area contributed by atoms with Crippen LogP contribution < -0.4 is 4.74 Å². The van der Waals surface area contributed by atoms with Gasteiger partial charge in [0.25, 0.3) is 0 Å². The van der Waals surface area contributed by atoms with Gasteiger partial charge in [-0.1, -0.05) is 12.1 Å². The van der Waals surface area contributed by atoms with E-state index in [1.54, 1.807) is 12.1 Å². The number of alkyl halides is 3. The van der Waals surface area contributed by atoms with Crippen molar-refractivity contribution in [3.63, 3.8) is 0 Å². The Hall–Kier alpha value is -3.29. The molecule has 8 heteroatoms. The molecule has 1 heterocycles. The molecular weight excluding hydrogens is 447 g/mol. The van der Waals surface area contributed by atoms with Crippen LogP contribution in [0, 0.1) is 0 Å². The van der Waals surface area contributed by atoms with Crippen molar-refractivity contribution >= 4 is 22.7 Å². The third kappa shape index (κ3) is 4.17. The zero-order valence-electron chi connectivity index (χ0n) is 18.4. The molecule has 0 radical (unpaired) electrons. The smallest absolute Gasteiger partial charge is 0.416 e. The van der Waals surface area contributed by atoms with E-state index in [0.717, 1.165) is 41.1 Å². The fourth-order valence-corrected chi connectivity index (χ4v) is 5.39. The number of Topliss-reactive ketones (excluding diaryl/α,β-unsaturated/α-hetero) is 1. The highest BCUT2D eigenvalue weighted by atomic mass is 19.4. The number of carboxylic acid groups (broad SMARTS) is 1. The molecule has 0 aliphatic heterocycles. The molecule has 2 aliphatic rings. The van der Waals surface area contributed by atoms with Crippen LogP contribution in [0.4, 0.5) is 13.2 Å². The van der Waals surface area contributed by atoms with E-state index in [1.807, 2.05) is 12.1 Å². The number of halogens is 3. The van der Waals surface area contributed by atoms with Crippen LogP contribution in [-0.2, 0) is 28.8 Å². The summed E-state index contributed by atoms with van der Waals surface area (Å²) in [6.07, 6.45) is -1.54. The number of benzene rings is 2. The molecule has 0 bridgehead atoms. The van der Waals surface area contributed by atoms with Gasteiger partial charge in [0.05, 0.1) is 12.0 Å². The van der Waals surface area contributed by atoms with Crippen LogP contribution in [0.2, 0.25) is 0 Å². The molecule has 0 amide bonds. The number of aromatic nitrogens is 1. The normalized spacial score (nSPS) is 20.1. The number of nitrogens with one attached hydrogen (secondary N) is 1. The van der Waals surface area contributed by atoms with Gasteiger partial charge in [-0.05, 0) is 66.6 Å². The number of rotatable bonds is 6. The molecule has 1 aromatic heterocycles. The number of carbonyl (C=O) groups excluding carboxylic acids is 1. The first-order chi connectivity index (χ1) is 16.2. The summed E-state index contributed by atoms with van der Waals surface area (Å²) in [5.41, 5.74) is 2.58. The lowest BCUT2D eigenvalue weighted by Gasteiger charge is -2.18. The molecule has 34 heavy (non-hydrogen) atoms. The van der Waals surface area contributed by atoms with Crippen molar-refractivity contribution in [2.45, 2.75) is 63.1 Å². The summed E-state index contributed by atoms with van der Waals surface area (Å²) in [6.45, 7) is -0.0399. The third-order valence-electron chi connectivity index (χ3n) is 6.99. The summed E-state index contributed by atoms with van der Waals surface area (Å²) in [5.74, 6) is -1.17. The Morgan fingerprint density at radius 3 is 2.65 bits per heavy atom. The molecule has 0 saturated heterocycles. The fraction of sp³-hybridized carbons (Fsp3) is 0.385. The molecule has 2 aliphatic carbocycles. The zero-order valence-corrected chi connectivity index (χ0v) is 18.4. The number of aliphatic carboxylic acids is 1. The monoisotopic (exact) mass is 471 g/mol. The van der Waals surface area contributed by atoms with Gasteiger partial charge in [-0.15, -0.1) is 0 Å². The average molecular weight is 471 g/mol. The van der Waals surface area contributed by atoms with Crippen LogP contribution >= 0.6 is 0 Å². The number of ketones is 1. The minimum absolute atomic E-state index is 0.0399. The van der Waals surface area contributed by atoms with Crippen LogP contribution in [0.1, 0.15) is 71.9 Å². The second-order valence-corrected chi connectivity index (χ2v) is 9.18. The third-order valence-corrected chi connectivity index (χ3v) is 6.99. The number of aromatic amines is 1. The number of hydrogen-bond acceptors (Lipinski definition) is 3. The highest BCUT2D eigenvalue weighted by Crippen LogP contribution is 2.42. The predicted molar refractivity (Wildman–Crippen MR) is 119 cm³/mol. The van der Waals surface area contributed by atoms with Gasteiger partial charge in [-0.2, -0.15) is 13.2 Å². The number of ether oxygens (including phenoxy) is 1. The van der Waals surface area contributed by atoms with Crippen molar-refractivity contribution in [1.82, 2.24) is 4.98 Å². The molecule has 0 unspecified atom stereocenters. The highest BCUT2D eigenvalue weighted by molar-refractivity contribution is 5.88. The molecule has 5 nitrogen and oxygen atoms in total. The standard InChI is InChI=1S/C26H24F3NO4/c27-26(28,29)21-10-14(4-7-17(21)18-2-1-3-23(18)31)13-34-16-6-9-22-20(12-16)19-8-5-15(11-24(32)33)25(19)30-22/h4,6-7,9-10,12,15,18,30H,1-3,5,8,11,13H2,(H,32,33)/t15-,18+/m1/s1. The Bertz CT molecular complexity index is 1280. The Morgan fingerprint density at radius 1 is 1.12 bits per heavy atom. The van der Waals surface area contributed by atoms with Gasteiger partial charge < -0.3 is 14.8 Å². The first-order valence-electron chi connectivity index (χ1n) is 11.4. The van der Waals surface area contributed by atoms with E-state index in [4.69, 9.17) is 9.84 Å². The topological polar surface area (TPSA) is 79.4 Å². The fourth-order valence-electron chi connectivity index (χ4n) is 5.39. The Morgan fingerprint density at radius 2 is 1.94 bits per heavy atom. The minimum atomic E-state index is -4.55. The Balaban J connectivity index is 1.37. The summed E-state index contributed by atoms with van der Waals surface area (Å²) >= 11 is 0. The number of carboxylic acids is 1. The van der Waals surface area contributed by atoms with E-state index >= 15 is 0 Å². The minimum Gasteiger partial charge on any atom is -0.489 e. The van der Waals surface area contributed by atoms with Crippen LogP contribution in [-0.4, -0.2) is 21.8 Å². The Labute approximate surface area is 193 Å². The van der Waals surface area contributed by atoms with E-state index in [0.29, 0.717) is 30.6 Å². The number of carbonyl (C=O) groups is 2. The number of hydrogen-bond donors (Lipinski definition) is 2. The molecule has 3 aromatic rings. The maximum Gasteiger partial charge on any atom is 0.416 e. The molecule has 2 aromatic carbocycles. The van der Waals surface area contributed by atoms with Gasteiger partial charge in [0, 0.05) is 34.9 Å².